The van der Waals surface area contributed by atoms with Gasteiger partial charge >= 0.3 is 6.03 Å². The molecule has 0 aliphatic heterocycles. The maximum Gasteiger partial charge on any atom is 0.319 e. The van der Waals surface area contributed by atoms with E-state index in [0.29, 0.717) is 12.2 Å². The molecule has 25 heavy (non-hydrogen) atoms. The molecule has 2 amide bonds. The summed E-state index contributed by atoms with van der Waals surface area (Å²) in [5.74, 6) is 0. The third-order valence-corrected chi connectivity index (χ3v) is 5.24. The zero-order valence-corrected chi connectivity index (χ0v) is 15.8. The van der Waals surface area contributed by atoms with Crippen molar-refractivity contribution < 1.29 is 13.2 Å². The van der Waals surface area contributed by atoms with Gasteiger partial charge in [-0.25, -0.2) is 13.2 Å². The van der Waals surface area contributed by atoms with E-state index in [2.05, 4.69) is 22.7 Å². The second-order valence-electron chi connectivity index (χ2n) is 6.05. The number of anilines is 1. The van der Waals surface area contributed by atoms with Crippen LogP contribution >= 0.6 is 0 Å². The standard InChI is InChI=1S/C17H24N4O3S/c1-12-13(2)20-21(14(12)3)11-5-10-18-17(22)19-15-6-8-16(9-7-15)25(4,23)24/h6-9H,5,10-11H2,1-4H3,(H2,18,19,22). The number of carbonyl (C=O) groups is 1. The van der Waals surface area contributed by atoms with Crippen molar-refractivity contribution in [1.29, 1.82) is 0 Å². The van der Waals surface area contributed by atoms with Crippen LogP contribution in [0.5, 0.6) is 0 Å². The molecule has 2 aromatic rings. The molecule has 136 valence electrons. The van der Waals surface area contributed by atoms with E-state index < -0.39 is 9.84 Å². The van der Waals surface area contributed by atoms with E-state index in [4.69, 9.17) is 0 Å². The fourth-order valence-corrected chi connectivity index (χ4v) is 3.03. The third-order valence-electron chi connectivity index (χ3n) is 4.12. The van der Waals surface area contributed by atoms with Crippen LogP contribution in [0.2, 0.25) is 0 Å². The molecule has 0 atom stereocenters. The summed E-state index contributed by atoms with van der Waals surface area (Å²) in [6.07, 6.45) is 1.91. The number of nitrogens with one attached hydrogen (secondary N) is 2. The Bertz CT molecular complexity index is 855. The molecule has 0 saturated carbocycles. The Balaban J connectivity index is 1.78. The minimum atomic E-state index is -3.23. The number of urea groups is 1. The van der Waals surface area contributed by atoms with E-state index in [1.165, 1.54) is 17.7 Å². The van der Waals surface area contributed by atoms with Gasteiger partial charge in [0.2, 0.25) is 0 Å². The van der Waals surface area contributed by atoms with Crippen LogP contribution < -0.4 is 10.6 Å². The molecule has 0 radical (unpaired) electrons. The number of hydrogen-bond donors (Lipinski definition) is 2. The van der Waals surface area contributed by atoms with Gasteiger partial charge in [-0.1, -0.05) is 0 Å². The lowest BCUT2D eigenvalue weighted by atomic mass is 10.2. The average molecular weight is 364 g/mol. The lowest BCUT2D eigenvalue weighted by Gasteiger charge is -2.09. The molecule has 0 spiro atoms. The van der Waals surface area contributed by atoms with Crippen LogP contribution in [0.4, 0.5) is 10.5 Å². The van der Waals surface area contributed by atoms with E-state index in [1.54, 1.807) is 12.1 Å². The summed E-state index contributed by atoms with van der Waals surface area (Å²) in [5.41, 5.74) is 3.91. The molecular formula is C17H24N4O3S. The average Bonchev–Trinajstić information content (AvgIpc) is 2.78. The van der Waals surface area contributed by atoms with Crippen molar-refractivity contribution in [3.63, 3.8) is 0 Å². The lowest BCUT2D eigenvalue weighted by Crippen LogP contribution is -2.30. The first-order chi connectivity index (χ1) is 11.7. The van der Waals surface area contributed by atoms with Gasteiger partial charge in [0.1, 0.15) is 0 Å². The Morgan fingerprint density at radius 2 is 1.80 bits per heavy atom. The Labute approximate surface area is 148 Å². The molecule has 0 aliphatic rings. The van der Waals surface area contributed by atoms with Crippen LogP contribution in [0.25, 0.3) is 0 Å². The minimum absolute atomic E-state index is 0.221. The molecule has 8 heteroatoms. The van der Waals surface area contributed by atoms with E-state index in [0.717, 1.165) is 30.6 Å². The van der Waals surface area contributed by atoms with Crippen molar-refractivity contribution in [2.75, 3.05) is 18.1 Å². The first kappa shape index (κ1) is 19.0. The lowest BCUT2D eigenvalue weighted by molar-refractivity contribution is 0.251. The van der Waals surface area contributed by atoms with Gasteiger partial charge < -0.3 is 10.6 Å². The summed E-state index contributed by atoms with van der Waals surface area (Å²) in [7, 11) is -3.23. The van der Waals surface area contributed by atoms with Gasteiger partial charge in [0.25, 0.3) is 0 Å². The maximum absolute atomic E-state index is 11.9. The fraction of sp³-hybridized carbons (Fsp3) is 0.412. The summed E-state index contributed by atoms with van der Waals surface area (Å²) >= 11 is 0. The molecule has 0 aliphatic carbocycles. The first-order valence-electron chi connectivity index (χ1n) is 8.04. The predicted octanol–water partition coefficient (Wildman–Crippen LogP) is 2.42. The quantitative estimate of drug-likeness (QED) is 0.770. The predicted molar refractivity (Wildman–Crippen MR) is 97.6 cm³/mol. The summed E-state index contributed by atoms with van der Waals surface area (Å²) in [4.78, 5) is 12.1. The molecule has 2 N–H and O–H groups in total. The normalized spacial score (nSPS) is 11.4. The molecule has 2 rings (SSSR count). The molecule has 1 heterocycles. The van der Waals surface area contributed by atoms with Crippen LogP contribution in [0.1, 0.15) is 23.4 Å². The fourth-order valence-electron chi connectivity index (χ4n) is 2.40. The van der Waals surface area contributed by atoms with E-state index >= 15 is 0 Å². The smallest absolute Gasteiger partial charge is 0.319 e. The van der Waals surface area contributed by atoms with Crippen LogP contribution in [-0.4, -0.2) is 37.0 Å². The van der Waals surface area contributed by atoms with Crippen molar-refractivity contribution >= 4 is 21.6 Å². The largest absolute Gasteiger partial charge is 0.338 e. The summed E-state index contributed by atoms with van der Waals surface area (Å²) in [5, 5.41) is 9.92. The second-order valence-corrected chi connectivity index (χ2v) is 8.07. The molecular weight excluding hydrogens is 340 g/mol. The van der Waals surface area contributed by atoms with Gasteiger partial charge in [0.15, 0.2) is 9.84 Å². The number of sulfone groups is 1. The zero-order valence-electron chi connectivity index (χ0n) is 15.0. The molecule has 0 saturated heterocycles. The molecule has 1 aromatic carbocycles. The van der Waals surface area contributed by atoms with E-state index in [-0.39, 0.29) is 10.9 Å². The summed E-state index contributed by atoms with van der Waals surface area (Å²) < 4.78 is 24.7. The van der Waals surface area contributed by atoms with Gasteiger partial charge in [-0.2, -0.15) is 5.10 Å². The number of benzene rings is 1. The summed E-state index contributed by atoms with van der Waals surface area (Å²) in [6, 6.07) is 5.74. The number of hydrogen-bond acceptors (Lipinski definition) is 4. The van der Waals surface area contributed by atoms with Crippen LogP contribution in [0.3, 0.4) is 0 Å². The third kappa shape index (κ3) is 5.06. The molecule has 7 nitrogen and oxygen atoms in total. The van der Waals surface area contributed by atoms with E-state index in [9.17, 15) is 13.2 Å². The molecule has 1 aromatic heterocycles. The van der Waals surface area contributed by atoms with Gasteiger partial charge in [-0.3, -0.25) is 4.68 Å². The zero-order chi connectivity index (χ0) is 18.6. The van der Waals surface area contributed by atoms with E-state index in [1.807, 2.05) is 18.5 Å². The highest BCUT2D eigenvalue weighted by molar-refractivity contribution is 7.90. The highest BCUT2D eigenvalue weighted by Crippen LogP contribution is 2.14. The first-order valence-corrected chi connectivity index (χ1v) is 9.93. The number of aryl methyl sites for hydroxylation is 2. The topological polar surface area (TPSA) is 93.1 Å². The molecule has 0 unspecified atom stereocenters. The van der Waals surface area contributed by atoms with Crippen LogP contribution in [0, 0.1) is 20.8 Å². The van der Waals surface area contributed by atoms with Crippen LogP contribution in [-0.2, 0) is 16.4 Å². The number of aromatic nitrogens is 2. The summed E-state index contributed by atoms with van der Waals surface area (Å²) in [6.45, 7) is 7.33. The molecule has 0 bridgehead atoms. The maximum atomic E-state index is 11.9. The van der Waals surface area contributed by atoms with Gasteiger partial charge in [-0.05, 0) is 57.0 Å². The molecule has 0 fully saturated rings. The number of amides is 2. The second kappa shape index (κ2) is 7.69. The minimum Gasteiger partial charge on any atom is -0.338 e. The highest BCUT2D eigenvalue weighted by atomic mass is 32.2. The Kier molecular flexibility index (Phi) is 5.84. The Morgan fingerprint density at radius 3 is 2.32 bits per heavy atom. The number of rotatable bonds is 6. The monoisotopic (exact) mass is 364 g/mol. The number of nitrogens with zero attached hydrogens (tertiary/aromatic N) is 2. The van der Waals surface area contributed by atoms with Crippen molar-refractivity contribution in [3.8, 4) is 0 Å². The number of carbonyl (C=O) groups excluding carboxylic acids is 1. The van der Waals surface area contributed by atoms with Crippen molar-refractivity contribution in [2.45, 2.75) is 38.6 Å². The SMILES string of the molecule is Cc1nn(CCCNC(=O)Nc2ccc(S(C)(=O)=O)cc2)c(C)c1C. The van der Waals surface area contributed by atoms with Gasteiger partial charge in [-0.15, -0.1) is 0 Å². The van der Waals surface area contributed by atoms with Crippen LogP contribution in [0.15, 0.2) is 29.2 Å². The van der Waals surface area contributed by atoms with Gasteiger partial charge in [0.05, 0.1) is 10.6 Å². The van der Waals surface area contributed by atoms with Crippen molar-refractivity contribution in [2.24, 2.45) is 0 Å². The highest BCUT2D eigenvalue weighted by Gasteiger charge is 2.08. The van der Waals surface area contributed by atoms with Gasteiger partial charge in [0, 0.05) is 30.7 Å². The Morgan fingerprint density at radius 1 is 1.16 bits per heavy atom. The van der Waals surface area contributed by atoms with Crippen molar-refractivity contribution in [1.82, 2.24) is 15.1 Å². The van der Waals surface area contributed by atoms with Crippen molar-refractivity contribution in [3.05, 3.63) is 41.2 Å². The Hall–Kier alpha value is -2.35.